The molecule has 1 heterocycles. The number of hydrogen-bond acceptors (Lipinski definition) is 6. The topological polar surface area (TPSA) is 54.9 Å². The quantitative estimate of drug-likeness (QED) is 0.295. The van der Waals surface area contributed by atoms with Gasteiger partial charge in [0.05, 0.1) is 23.4 Å². The SMILES string of the molecule is CCCCCOc1ccc(C(=O)N(CCN(C)C)c2nc3ccc(OCC)cc3s2)cc1.Cl. The van der Waals surface area contributed by atoms with Crippen LogP contribution in [0.5, 0.6) is 11.5 Å². The van der Waals surface area contributed by atoms with E-state index < -0.39 is 0 Å². The standard InChI is InChI=1S/C25H33N3O3S.ClH/c1-5-7-8-17-31-20-11-9-19(10-12-20)24(29)28(16-15-27(3)4)25-26-22-14-13-21(30-6-2)18-23(22)32-25;/h9-14,18H,5-8,15-17H2,1-4H3;1H. The van der Waals surface area contributed by atoms with Gasteiger partial charge in [-0.15, -0.1) is 12.4 Å². The Bertz CT molecular complexity index is 1010. The van der Waals surface area contributed by atoms with Crippen LogP contribution in [0.15, 0.2) is 42.5 Å². The Morgan fingerprint density at radius 3 is 2.36 bits per heavy atom. The number of amides is 1. The van der Waals surface area contributed by atoms with Crippen molar-refractivity contribution in [3.63, 3.8) is 0 Å². The fourth-order valence-corrected chi connectivity index (χ4v) is 4.26. The molecule has 180 valence electrons. The van der Waals surface area contributed by atoms with E-state index in [9.17, 15) is 4.79 Å². The lowest BCUT2D eigenvalue weighted by atomic mass is 10.2. The summed E-state index contributed by atoms with van der Waals surface area (Å²) >= 11 is 1.51. The van der Waals surface area contributed by atoms with Gasteiger partial charge >= 0.3 is 0 Å². The van der Waals surface area contributed by atoms with Crippen LogP contribution in [-0.4, -0.2) is 56.2 Å². The molecule has 0 spiro atoms. The Balaban J connectivity index is 0.00000385. The molecule has 2 aromatic carbocycles. The average molecular weight is 492 g/mol. The molecule has 0 unspecified atom stereocenters. The first kappa shape index (κ1) is 26.9. The number of thiazole rings is 1. The van der Waals surface area contributed by atoms with Crippen molar-refractivity contribution >= 4 is 45.0 Å². The van der Waals surface area contributed by atoms with E-state index in [4.69, 9.17) is 14.5 Å². The zero-order chi connectivity index (χ0) is 22.9. The number of rotatable bonds is 12. The molecule has 0 saturated heterocycles. The number of ether oxygens (including phenoxy) is 2. The normalized spacial score (nSPS) is 10.8. The first-order valence-electron chi connectivity index (χ1n) is 11.2. The number of halogens is 1. The smallest absolute Gasteiger partial charge is 0.260 e. The molecule has 1 aromatic heterocycles. The number of carbonyl (C=O) groups excluding carboxylic acids is 1. The summed E-state index contributed by atoms with van der Waals surface area (Å²) in [5.41, 5.74) is 1.49. The van der Waals surface area contributed by atoms with Gasteiger partial charge in [-0.25, -0.2) is 4.98 Å². The number of anilines is 1. The largest absolute Gasteiger partial charge is 0.494 e. The molecule has 0 fully saturated rings. The van der Waals surface area contributed by atoms with Crippen LogP contribution >= 0.6 is 23.7 Å². The number of fused-ring (bicyclic) bond motifs is 1. The summed E-state index contributed by atoms with van der Waals surface area (Å²) in [5.74, 6) is 1.55. The van der Waals surface area contributed by atoms with E-state index in [0.29, 0.717) is 30.5 Å². The molecule has 0 atom stereocenters. The molecule has 0 saturated carbocycles. The number of benzene rings is 2. The minimum atomic E-state index is -0.0616. The monoisotopic (exact) mass is 491 g/mol. The molecule has 0 aliphatic carbocycles. The third-order valence-corrected chi connectivity index (χ3v) is 6.07. The zero-order valence-corrected chi connectivity index (χ0v) is 21.5. The van der Waals surface area contributed by atoms with E-state index in [2.05, 4.69) is 11.8 Å². The number of hydrogen-bond donors (Lipinski definition) is 0. The van der Waals surface area contributed by atoms with Crippen LogP contribution in [0.1, 0.15) is 43.5 Å². The molecular formula is C25H34ClN3O3S. The number of unbranched alkanes of at least 4 members (excludes halogenated alkanes) is 2. The minimum Gasteiger partial charge on any atom is -0.494 e. The molecule has 3 rings (SSSR count). The van der Waals surface area contributed by atoms with E-state index in [1.165, 1.54) is 11.3 Å². The summed E-state index contributed by atoms with van der Waals surface area (Å²) in [4.78, 5) is 22.0. The number of likely N-dealkylation sites (N-methyl/N-ethyl adjacent to an activating group) is 1. The van der Waals surface area contributed by atoms with Gasteiger partial charge in [0.25, 0.3) is 5.91 Å². The third-order valence-electron chi connectivity index (χ3n) is 5.02. The van der Waals surface area contributed by atoms with Gasteiger partial charge in [-0.2, -0.15) is 0 Å². The van der Waals surface area contributed by atoms with Gasteiger partial charge in [0.1, 0.15) is 11.5 Å². The van der Waals surface area contributed by atoms with Gasteiger partial charge in [-0.05, 0) is 69.9 Å². The molecule has 0 bridgehead atoms. The maximum absolute atomic E-state index is 13.4. The highest BCUT2D eigenvalue weighted by molar-refractivity contribution is 7.22. The maximum Gasteiger partial charge on any atom is 0.260 e. The van der Waals surface area contributed by atoms with E-state index in [1.807, 2.05) is 63.5 Å². The highest BCUT2D eigenvalue weighted by Crippen LogP contribution is 2.32. The molecule has 0 aliphatic heterocycles. The highest BCUT2D eigenvalue weighted by Gasteiger charge is 2.21. The third kappa shape index (κ3) is 7.59. The Kier molecular flexibility index (Phi) is 10.9. The van der Waals surface area contributed by atoms with Crippen LogP contribution in [0, 0.1) is 0 Å². The average Bonchev–Trinajstić information content (AvgIpc) is 3.20. The second-order valence-corrected chi connectivity index (χ2v) is 8.91. The van der Waals surface area contributed by atoms with Gasteiger partial charge in [0.15, 0.2) is 5.13 Å². The van der Waals surface area contributed by atoms with Crippen molar-refractivity contribution in [2.45, 2.75) is 33.1 Å². The first-order valence-corrected chi connectivity index (χ1v) is 12.1. The van der Waals surface area contributed by atoms with E-state index in [0.717, 1.165) is 47.5 Å². The van der Waals surface area contributed by atoms with E-state index in [-0.39, 0.29) is 18.3 Å². The molecule has 3 aromatic rings. The number of aromatic nitrogens is 1. The van der Waals surface area contributed by atoms with Crippen molar-refractivity contribution in [1.82, 2.24) is 9.88 Å². The summed E-state index contributed by atoms with van der Waals surface area (Å²) in [5, 5.41) is 0.695. The Labute approximate surface area is 206 Å². The Hall–Kier alpha value is -2.35. The van der Waals surface area contributed by atoms with Gasteiger partial charge in [-0.1, -0.05) is 31.1 Å². The fourth-order valence-electron chi connectivity index (χ4n) is 3.24. The summed E-state index contributed by atoms with van der Waals surface area (Å²) in [6.07, 6.45) is 3.36. The molecule has 33 heavy (non-hydrogen) atoms. The van der Waals surface area contributed by atoms with Gasteiger partial charge < -0.3 is 14.4 Å². The minimum absolute atomic E-state index is 0. The molecule has 0 radical (unpaired) electrons. The number of carbonyl (C=O) groups is 1. The van der Waals surface area contributed by atoms with E-state index >= 15 is 0 Å². The molecule has 0 N–H and O–H groups in total. The van der Waals surface area contributed by atoms with Crippen LogP contribution in [0.3, 0.4) is 0 Å². The lowest BCUT2D eigenvalue weighted by molar-refractivity contribution is 0.0985. The highest BCUT2D eigenvalue weighted by atomic mass is 35.5. The summed E-state index contributed by atoms with van der Waals surface area (Å²) < 4.78 is 12.4. The number of nitrogens with zero attached hydrogens (tertiary/aromatic N) is 3. The van der Waals surface area contributed by atoms with Crippen molar-refractivity contribution in [2.24, 2.45) is 0 Å². The molecule has 6 nitrogen and oxygen atoms in total. The molecular weight excluding hydrogens is 458 g/mol. The summed E-state index contributed by atoms with van der Waals surface area (Å²) in [6, 6.07) is 13.3. The van der Waals surface area contributed by atoms with Crippen LogP contribution in [0.2, 0.25) is 0 Å². The lowest BCUT2D eigenvalue weighted by Crippen LogP contribution is -2.36. The summed E-state index contributed by atoms with van der Waals surface area (Å²) in [7, 11) is 4.00. The second kappa shape index (κ2) is 13.4. The Morgan fingerprint density at radius 1 is 0.970 bits per heavy atom. The van der Waals surface area contributed by atoms with Gasteiger partial charge in [0.2, 0.25) is 0 Å². The van der Waals surface area contributed by atoms with Crippen molar-refractivity contribution in [2.75, 3.05) is 45.3 Å². The van der Waals surface area contributed by atoms with Crippen LogP contribution in [0.4, 0.5) is 5.13 Å². The van der Waals surface area contributed by atoms with Crippen molar-refractivity contribution in [1.29, 1.82) is 0 Å². The van der Waals surface area contributed by atoms with Crippen molar-refractivity contribution < 1.29 is 14.3 Å². The lowest BCUT2D eigenvalue weighted by Gasteiger charge is -2.22. The summed E-state index contributed by atoms with van der Waals surface area (Å²) in [6.45, 7) is 6.75. The van der Waals surface area contributed by atoms with Crippen molar-refractivity contribution in [3.05, 3.63) is 48.0 Å². The zero-order valence-electron chi connectivity index (χ0n) is 19.9. The predicted molar refractivity (Wildman–Crippen MR) is 140 cm³/mol. The van der Waals surface area contributed by atoms with Crippen LogP contribution in [0.25, 0.3) is 10.2 Å². The van der Waals surface area contributed by atoms with Crippen LogP contribution < -0.4 is 14.4 Å². The predicted octanol–water partition coefficient (Wildman–Crippen LogP) is 5.89. The second-order valence-electron chi connectivity index (χ2n) is 7.90. The van der Waals surface area contributed by atoms with Crippen LogP contribution in [-0.2, 0) is 0 Å². The first-order chi connectivity index (χ1) is 15.5. The van der Waals surface area contributed by atoms with E-state index in [1.54, 1.807) is 4.90 Å². The fraction of sp³-hybridized carbons (Fsp3) is 0.440. The molecule has 8 heteroatoms. The maximum atomic E-state index is 13.4. The molecule has 0 aliphatic rings. The van der Waals surface area contributed by atoms with Crippen molar-refractivity contribution in [3.8, 4) is 11.5 Å². The molecule has 1 amide bonds. The van der Waals surface area contributed by atoms with Gasteiger partial charge in [-0.3, -0.25) is 9.69 Å². The van der Waals surface area contributed by atoms with Gasteiger partial charge in [0, 0.05) is 18.7 Å². The Morgan fingerprint density at radius 2 is 1.70 bits per heavy atom.